The predicted molar refractivity (Wildman–Crippen MR) is 76.4 cm³/mol. The average Bonchev–Trinajstić information content (AvgIpc) is 3.14. The Bertz CT molecular complexity index is 368. The van der Waals surface area contributed by atoms with Crippen molar-refractivity contribution in [3.63, 3.8) is 0 Å². The minimum atomic E-state index is 0.613. The van der Waals surface area contributed by atoms with E-state index in [9.17, 15) is 0 Å². The molecule has 3 unspecified atom stereocenters. The molecule has 1 aromatic carbocycles. The number of nitrogens with one attached hydrogen (secondary N) is 1. The maximum absolute atomic E-state index is 3.86. The van der Waals surface area contributed by atoms with Crippen LogP contribution in [0.1, 0.15) is 50.6 Å². The topological polar surface area (TPSA) is 12.0 Å². The van der Waals surface area contributed by atoms with Crippen molar-refractivity contribution in [2.45, 2.75) is 45.1 Å². The number of rotatable bonds is 5. The van der Waals surface area contributed by atoms with Gasteiger partial charge in [-0.15, -0.1) is 0 Å². The quantitative estimate of drug-likeness (QED) is 0.818. The molecular formula is C17H25N. The fourth-order valence-corrected chi connectivity index (χ4v) is 3.45. The van der Waals surface area contributed by atoms with Gasteiger partial charge in [0.05, 0.1) is 0 Å². The van der Waals surface area contributed by atoms with Crippen LogP contribution in [0.3, 0.4) is 0 Å². The Morgan fingerprint density at radius 3 is 2.50 bits per heavy atom. The molecule has 98 valence electrons. The smallest absolute Gasteiger partial charge is 0.0348 e. The van der Waals surface area contributed by atoms with Crippen molar-refractivity contribution in [1.82, 2.24) is 5.32 Å². The molecule has 2 aliphatic rings. The molecule has 0 aromatic heterocycles. The van der Waals surface area contributed by atoms with E-state index in [-0.39, 0.29) is 0 Å². The minimum absolute atomic E-state index is 0.613. The van der Waals surface area contributed by atoms with Gasteiger partial charge in [-0.25, -0.2) is 0 Å². The van der Waals surface area contributed by atoms with Gasteiger partial charge in [0.2, 0.25) is 0 Å². The van der Waals surface area contributed by atoms with E-state index in [2.05, 4.69) is 42.6 Å². The molecule has 2 aliphatic carbocycles. The van der Waals surface area contributed by atoms with Crippen LogP contribution < -0.4 is 5.32 Å². The van der Waals surface area contributed by atoms with Crippen molar-refractivity contribution in [3.05, 3.63) is 35.9 Å². The molecule has 0 amide bonds. The Labute approximate surface area is 111 Å². The van der Waals surface area contributed by atoms with Crippen LogP contribution in [0.4, 0.5) is 0 Å². The molecule has 0 saturated heterocycles. The first kappa shape index (κ1) is 12.2. The number of hydrogen-bond donors (Lipinski definition) is 1. The van der Waals surface area contributed by atoms with Crippen molar-refractivity contribution in [2.24, 2.45) is 17.8 Å². The van der Waals surface area contributed by atoms with Crippen LogP contribution in [0.5, 0.6) is 0 Å². The van der Waals surface area contributed by atoms with Gasteiger partial charge in [0.15, 0.2) is 0 Å². The second-order valence-corrected chi connectivity index (χ2v) is 6.42. The molecule has 1 heteroatoms. The minimum Gasteiger partial charge on any atom is -0.309 e. The summed E-state index contributed by atoms with van der Waals surface area (Å²) in [7, 11) is 0. The maximum atomic E-state index is 3.86. The fourth-order valence-electron chi connectivity index (χ4n) is 3.45. The van der Waals surface area contributed by atoms with Gasteiger partial charge in [-0.05, 0) is 55.5 Å². The summed E-state index contributed by atoms with van der Waals surface area (Å²) in [5.74, 6) is 2.77. The standard InChI is InChI=1S/C17H25N/c1-13-7-8-14(11-13)12-18-17(16-9-10-16)15-5-3-2-4-6-15/h2-6,13-14,16-18H,7-12H2,1H3. The van der Waals surface area contributed by atoms with E-state index >= 15 is 0 Å². The van der Waals surface area contributed by atoms with Crippen molar-refractivity contribution >= 4 is 0 Å². The highest BCUT2D eigenvalue weighted by atomic mass is 14.9. The van der Waals surface area contributed by atoms with Crippen LogP contribution in [0.25, 0.3) is 0 Å². The summed E-state index contributed by atoms with van der Waals surface area (Å²) in [5, 5.41) is 3.86. The lowest BCUT2D eigenvalue weighted by Crippen LogP contribution is -2.28. The molecule has 1 nitrogen and oxygen atoms in total. The van der Waals surface area contributed by atoms with Gasteiger partial charge in [-0.2, -0.15) is 0 Å². The Kier molecular flexibility index (Phi) is 3.69. The van der Waals surface area contributed by atoms with Crippen LogP contribution in [0, 0.1) is 17.8 Å². The van der Waals surface area contributed by atoms with Crippen LogP contribution in [-0.2, 0) is 0 Å². The first-order chi connectivity index (χ1) is 8.83. The van der Waals surface area contributed by atoms with Gasteiger partial charge in [-0.1, -0.05) is 43.7 Å². The third-order valence-corrected chi connectivity index (χ3v) is 4.68. The van der Waals surface area contributed by atoms with E-state index in [1.807, 2.05) is 0 Å². The maximum Gasteiger partial charge on any atom is 0.0348 e. The molecule has 3 atom stereocenters. The van der Waals surface area contributed by atoms with Gasteiger partial charge in [0.25, 0.3) is 0 Å². The third-order valence-electron chi connectivity index (χ3n) is 4.68. The molecule has 0 spiro atoms. The summed E-state index contributed by atoms with van der Waals surface area (Å²) in [4.78, 5) is 0. The predicted octanol–water partition coefficient (Wildman–Crippen LogP) is 4.16. The Hall–Kier alpha value is -0.820. The van der Waals surface area contributed by atoms with Gasteiger partial charge in [0, 0.05) is 6.04 Å². The highest BCUT2D eigenvalue weighted by Gasteiger charge is 2.32. The van der Waals surface area contributed by atoms with Crippen molar-refractivity contribution in [1.29, 1.82) is 0 Å². The summed E-state index contributed by atoms with van der Waals surface area (Å²) in [6.45, 7) is 3.62. The van der Waals surface area contributed by atoms with E-state index in [1.165, 1.54) is 44.2 Å². The lowest BCUT2D eigenvalue weighted by atomic mass is 10.0. The largest absolute Gasteiger partial charge is 0.309 e. The molecule has 0 aliphatic heterocycles. The van der Waals surface area contributed by atoms with Gasteiger partial charge >= 0.3 is 0 Å². The SMILES string of the molecule is CC1CCC(CNC(c2ccccc2)C2CC2)C1. The van der Waals surface area contributed by atoms with E-state index in [4.69, 9.17) is 0 Å². The highest BCUT2D eigenvalue weighted by molar-refractivity contribution is 5.21. The van der Waals surface area contributed by atoms with Crippen LogP contribution >= 0.6 is 0 Å². The molecule has 0 bridgehead atoms. The molecular weight excluding hydrogens is 218 g/mol. The molecule has 1 N–H and O–H groups in total. The van der Waals surface area contributed by atoms with Gasteiger partial charge in [0.1, 0.15) is 0 Å². The van der Waals surface area contributed by atoms with E-state index in [0.717, 1.165) is 17.8 Å². The van der Waals surface area contributed by atoms with Crippen molar-refractivity contribution in [3.8, 4) is 0 Å². The molecule has 18 heavy (non-hydrogen) atoms. The Morgan fingerprint density at radius 1 is 1.11 bits per heavy atom. The van der Waals surface area contributed by atoms with E-state index in [1.54, 1.807) is 0 Å². The Balaban J connectivity index is 1.58. The zero-order chi connectivity index (χ0) is 12.4. The first-order valence-electron chi connectivity index (χ1n) is 7.61. The summed E-state index contributed by atoms with van der Waals surface area (Å²) in [6, 6.07) is 11.6. The number of hydrogen-bond acceptors (Lipinski definition) is 1. The summed E-state index contributed by atoms with van der Waals surface area (Å²) >= 11 is 0. The second-order valence-electron chi connectivity index (χ2n) is 6.42. The zero-order valence-electron chi connectivity index (χ0n) is 11.4. The van der Waals surface area contributed by atoms with E-state index < -0.39 is 0 Å². The molecule has 2 saturated carbocycles. The monoisotopic (exact) mass is 243 g/mol. The molecule has 3 rings (SSSR count). The first-order valence-corrected chi connectivity index (χ1v) is 7.61. The zero-order valence-corrected chi connectivity index (χ0v) is 11.4. The second kappa shape index (κ2) is 5.44. The van der Waals surface area contributed by atoms with Gasteiger partial charge < -0.3 is 5.32 Å². The van der Waals surface area contributed by atoms with Gasteiger partial charge in [-0.3, -0.25) is 0 Å². The highest BCUT2D eigenvalue weighted by Crippen LogP contribution is 2.41. The lowest BCUT2D eigenvalue weighted by molar-refractivity contribution is 0.404. The summed E-state index contributed by atoms with van der Waals surface area (Å²) < 4.78 is 0. The molecule has 2 fully saturated rings. The van der Waals surface area contributed by atoms with E-state index in [0.29, 0.717) is 6.04 Å². The molecule has 1 aromatic rings. The van der Waals surface area contributed by atoms with Crippen LogP contribution in [0.15, 0.2) is 30.3 Å². The molecule has 0 heterocycles. The normalized spacial score (nSPS) is 29.4. The third kappa shape index (κ3) is 2.95. The number of benzene rings is 1. The average molecular weight is 243 g/mol. The lowest BCUT2D eigenvalue weighted by Gasteiger charge is -2.21. The summed E-state index contributed by atoms with van der Waals surface area (Å²) in [6.07, 6.45) is 7.12. The summed E-state index contributed by atoms with van der Waals surface area (Å²) in [5.41, 5.74) is 1.49. The molecule has 0 radical (unpaired) electrons. The van der Waals surface area contributed by atoms with Crippen molar-refractivity contribution < 1.29 is 0 Å². The Morgan fingerprint density at radius 2 is 1.89 bits per heavy atom. The van der Waals surface area contributed by atoms with Crippen molar-refractivity contribution in [2.75, 3.05) is 6.54 Å². The van der Waals surface area contributed by atoms with Crippen LogP contribution in [0.2, 0.25) is 0 Å². The fraction of sp³-hybridized carbons (Fsp3) is 0.647. The van der Waals surface area contributed by atoms with Crippen LogP contribution in [-0.4, -0.2) is 6.54 Å².